The maximum absolute atomic E-state index is 12.5. The number of hydrogen-bond acceptors (Lipinski definition) is 2. The first kappa shape index (κ1) is 20.6. The zero-order chi connectivity index (χ0) is 21.5. The third-order valence-corrected chi connectivity index (χ3v) is 5.15. The Labute approximate surface area is 187 Å². The van der Waals surface area contributed by atoms with Gasteiger partial charge in [0.2, 0.25) is 0 Å². The molecule has 0 aliphatic carbocycles. The molecule has 0 amide bonds. The molecule has 0 fully saturated rings. The van der Waals surface area contributed by atoms with Crippen LogP contribution in [0.5, 0.6) is 5.75 Å². The largest absolute Gasteiger partial charge is 0.489 e. The highest BCUT2D eigenvalue weighted by Gasteiger charge is 2.03. The van der Waals surface area contributed by atoms with Gasteiger partial charge in [-0.15, -0.1) is 0 Å². The Morgan fingerprint density at radius 1 is 0.742 bits per heavy atom. The first-order valence-electron chi connectivity index (χ1n) is 10.0. The van der Waals surface area contributed by atoms with E-state index in [1.807, 2.05) is 97.1 Å². The van der Waals surface area contributed by atoms with Gasteiger partial charge in [-0.1, -0.05) is 96.5 Å². The highest BCUT2D eigenvalue weighted by atomic mass is 35.5. The smallest absolute Gasteiger partial charge is 0.185 e. The topological polar surface area (TPSA) is 26.3 Å². The minimum Gasteiger partial charge on any atom is -0.489 e. The quantitative estimate of drug-likeness (QED) is 0.227. The Kier molecular flexibility index (Phi) is 6.61. The summed E-state index contributed by atoms with van der Waals surface area (Å²) in [4.78, 5) is 12.5. The highest BCUT2D eigenvalue weighted by Crippen LogP contribution is 2.20. The lowest BCUT2D eigenvalue weighted by Crippen LogP contribution is -1.95. The summed E-state index contributed by atoms with van der Waals surface area (Å²) in [5.41, 5.74) is 4.88. The van der Waals surface area contributed by atoms with Crippen LogP contribution in [0.4, 0.5) is 0 Å². The molecule has 0 bridgehead atoms. The van der Waals surface area contributed by atoms with Gasteiger partial charge in [0, 0.05) is 10.6 Å². The maximum atomic E-state index is 12.5. The molecule has 0 N–H and O–H groups in total. The fourth-order valence-electron chi connectivity index (χ4n) is 3.15. The van der Waals surface area contributed by atoms with Crippen LogP contribution in [0.15, 0.2) is 109 Å². The number of allylic oxidation sites excluding steroid dienone is 1. The maximum Gasteiger partial charge on any atom is 0.185 e. The molecule has 2 nitrogen and oxygen atoms in total. The molecule has 3 heteroatoms. The van der Waals surface area contributed by atoms with E-state index in [1.54, 1.807) is 6.08 Å². The van der Waals surface area contributed by atoms with Gasteiger partial charge >= 0.3 is 0 Å². The standard InChI is InChI=1S/C28H21ClO2/c29-26-15-6-22(7-16-26)20-31-27-17-8-21(9-18-27)10-19-28(30)25-13-11-24(12-14-25)23-4-2-1-3-5-23/h1-19H,20H2. The normalized spacial score (nSPS) is 10.9. The molecule has 31 heavy (non-hydrogen) atoms. The number of ketones is 1. The Morgan fingerprint density at radius 3 is 2.06 bits per heavy atom. The van der Waals surface area contributed by atoms with Gasteiger partial charge in [-0.2, -0.15) is 0 Å². The van der Waals surface area contributed by atoms with E-state index >= 15 is 0 Å². The summed E-state index contributed by atoms with van der Waals surface area (Å²) in [6, 6.07) is 33.0. The van der Waals surface area contributed by atoms with E-state index in [0.29, 0.717) is 17.2 Å². The molecule has 0 saturated carbocycles. The summed E-state index contributed by atoms with van der Waals surface area (Å²) < 4.78 is 5.80. The molecule has 0 aliphatic rings. The van der Waals surface area contributed by atoms with Gasteiger partial charge < -0.3 is 4.74 Å². The number of hydrogen-bond donors (Lipinski definition) is 0. The van der Waals surface area contributed by atoms with E-state index in [1.165, 1.54) is 0 Å². The molecule has 0 unspecified atom stereocenters. The van der Waals surface area contributed by atoms with E-state index in [4.69, 9.17) is 16.3 Å². The molecule has 0 spiro atoms. The fraction of sp³-hybridized carbons (Fsp3) is 0.0357. The fourth-order valence-corrected chi connectivity index (χ4v) is 3.27. The molecule has 4 aromatic carbocycles. The van der Waals surface area contributed by atoms with Crippen LogP contribution in [0.3, 0.4) is 0 Å². The molecule has 0 radical (unpaired) electrons. The van der Waals surface area contributed by atoms with Gasteiger partial charge in [0.1, 0.15) is 12.4 Å². The number of rotatable bonds is 7. The average molecular weight is 425 g/mol. The second kappa shape index (κ2) is 9.92. The molecule has 4 aromatic rings. The molecule has 0 aromatic heterocycles. The lowest BCUT2D eigenvalue weighted by atomic mass is 10.0. The third kappa shape index (κ3) is 5.71. The van der Waals surface area contributed by atoms with E-state index in [9.17, 15) is 4.79 Å². The van der Waals surface area contributed by atoms with Crippen molar-refractivity contribution < 1.29 is 9.53 Å². The van der Waals surface area contributed by atoms with Gasteiger partial charge in [0.05, 0.1) is 0 Å². The van der Waals surface area contributed by atoms with Gasteiger partial charge in [0.25, 0.3) is 0 Å². The van der Waals surface area contributed by atoms with Crippen molar-refractivity contribution in [3.05, 3.63) is 131 Å². The number of carbonyl (C=O) groups excluding carboxylic acids is 1. The molecule has 4 rings (SSSR count). The Bertz CT molecular complexity index is 1160. The molecule has 0 atom stereocenters. The summed E-state index contributed by atoms with van der Waals surface area (Å²) in [7, 11) is 0. The van der Waals surface area contributed by atoms with Crippen LogP contribution in [0.25, 0.3) is 17.2 Å². The minimum atomic E-state index is -0.0253. The second-order valence-corrected chi connectivity index (χ2v) is 7.56. The van der Waals surface area contributed by atoms with Crippen molar-refractivity contribution in [2.45, 2.75) is 6.61 Å². The van der Waals surface area contributed by atoms with Gasteiger partial charge in [0.15, 0.2) is 5.78 Å². The summed E-state index contributed by atoms with van der Waals surface area (Å²) in [5, 5.41) is 0.710. The van der Waals surface area contributed by atoms with Crippen molar-refractivity contribution >= 4 is 23.5 Å². The zero-order valence-corrected chi connectivity index (χ0v) is 17.6. The second-order valence-electron chi connectivity index (χ2n) is 7.13. The molecule has 0 heterocycles. The summed E-state index contributed by atoms with van der Waals surface area (Å²) in [6.45, 7) is 0.476. The van der Waals surface area contributed by atoms with E-state index in [2.05, 4.69) is 12.1 Å². The molecule has 0 saturated heterocycles. The molecule has 0 aliphatic heterocycles. The van der Waals surface area contributed by atoms with Gasteiger partial charge in [-0.25, -0.2) is 0 Å². The number of carbonyl (C=O) groups is 1. The highest BCUT2D eigenvalue weighted by molar-refractivity contribution is 6.30. The lowest BCUT2D eigenvalue weighted by molar-refractivity contribution is 0.104. The average Bonchev–Trinajstić information content (AvgIpc) is 2.83. The van der Waals surface area contributed by atoms with Crippen molar-refractivity contribution in [2.24, 2.45) is 0 Å². The predicted molar refractivity (Wildman–Crippen MR) is 127 cm³/mol. The molecular formula is C28H21ClO2. The summed E-state index contributed by atoms with van der Waals surface area (Å²) in [6.07, 6.45) is 3.41. The first-order chi connectivity index (χ1) is 15.2. The SMILES string of the molecule is O=C(C=Cc1ccc(OCc2ccc(Cl)cc2)cc1)c1ccc(-c2ccccc2)cc1. The van der Waals surface area contributed by atoms with Crippen LogP contribution < -0.4 is 4.74 Å². The first-order valence-corrected chi connectivity index (χ1v) is 10.4. The van der Waals surface area contributed by atoms with Crippen LogP contribution in [0.2, 0.25) is 5.02 Å². The van der Waals surface area contributed by atoms with Gasteiger partial charge in [-0.3, -0.25) is 4.79 Å². The molecular weight excluding hydrogens is 404 g/mol. The summed E-state index contributed by atoms with van der Waals surface area (Å²) in [5.74, 6) is 0.748. The van der Waals surface area contributed by atoms with Gasteiger partial charge in [-0.05, 0) is 52.6 Å². The van der Waals surface area contributed by atoms with Crippen LogP contribution in [-0.4, -0.2) is 5.78 Å². The molecule has 152 valence electrons. The Morgan fingerprint density at radius 2 is 1.39 bits per heavy atom. The van der Waals surface area contributed by atoms with Crippen LogP contribution in [0.1, 0.15) is 21.5 Å². The van der Waals surface area contributed by atoms with Crippen molar-refractivity contribution in [3.8, 4) is 16.9 Å². The zero-order valence-electron chi connectivity index (χ0n) is 16.9. The number of ether oxygens (including phenoxy) is 1. The lowest BCUT2D eigenvalue weighted by Gasteiger charge is -2.06. The Balaban J connectivity index is 1.34. The van der Waals surface area contributed by atoms with E-state index in [0.717, 1.165) is 28.0 Å². The van der Waals surface area contributed by atoms with Crippen LogP contribution >= 0.6 is 11.6 Å². The number of halogens is 1. The summed E-state index contributed by atoms with van der Waals surface area (Å²) >= 11 is 5.90. The van der Waals surface area contributed by atoms with Crippen molar-refractivity contribution in [1.29, 1.82) is 0 Å². The monoisotopic (exact) mass is 424 g/mol. The van der Waals surface area contributed by atoms with Crippen molar-refractivity contribution in [1.82, 2.24) is 0 Å². The Hall–Kier alpha value is -3.62. The number of benzene rings is 4. The van der Waals surface area contributed by atoms with Crippen LogP contribution in [0, 0.1) is 0 Å². The predicted octanol–water partition coefficient (Wildman–Crippen LogP) is 7.48. The van der Waals surface area contributed by atoms with E-state index in [-0.39, 0.29) is 5.78 Å². The van der Waals surface area contributed by atoms with Crippen molar-refractivity contribution in [3.63, 3.8) is 0 Å². The minimum absolute atomic E-state index is 0.0253. The third-order valence-electron chi connectivity index (χ3n) is 4.90. The van der Waals surface area contributed by atoms with Crippen molar-refractivity contribution in [2.75, 3.05) is 0 Å². The van der Waals surface area contributed by atoms with Crippen LogP contribution in [-0.2, 0) is 6.61 Å². The van der Waals surface area contributed by atoms with E-state index < -0.39 is 0 Å².